The fraction of sp³-hybridized carbons (Fsp3) is 0.393. The van der Waals surface area contributed by atoms with E-state index in [2.05, 4.69) is 45.5 Å². The van der Waals surface area contributed by atoms with Gasteiger partial charge in [0.2, 0.25) is 5.88 Å². The number of hydrogen-bond acceptors (Lipinski definition) is 5. The van der Waals surface area contributed by atoms with E-state index in [1.54, 1.807) is 0 Å². The third kappa shape index (κ3) is 6.12. The second-order valence-corrected chi connectivity index (χ2v) is 9.12. The molecule has 2 fully saturated rings. The van der Waals surface area contributed by atoms with Crippen LogP contribution in [0.3, 0.4) is 0 Å². The van der Waals surface area contributed by atoms with E-state index in [0.717, 1.165) is 42.6 Å². The van der Waals surface area contributed by atoms with Gasteiger partial charge >= 0.3 is 0 Å². The Morgan fingerprint density at radius 3 is 2.61 bits per heavy atom. The lowest BCUT2D eigenvalue weighted by molar-refractivity contribution is 0.0356. The minimum atomic E-state index is 0.343. The van der Waals surface area contributed by atoms with Crippen molar-refractivity contribution in [2.24, 2.45) is 0 Å². The number of nitrogens with one attached hydrogen (secondary N) is 1. The molecule has 2 saturated heterocycles. The molecule has 0 aliphatic carbocycles. The van der Waals surface area contributed by atoms with Crippen LogP contribution < -0.4 is 14.8 Å². The van der Waals surface area contributed by atoms with E-state index in [-0.39, 0.29) is 0 Å². The molecule has 5 heteroatoms. The molecule has 3 aromatic rings. The number of hydrogen-bond donors (Lipinski definition) is 1. The zero-order chi connectivity index (χ0) is 22.3. The van der Waals surface area contributed by atoms with Crippen LogP contribution in [0.2, 0.25) is 0 Å². The largest absolute Gasteiger partial charge is 0.490 e. The summed E-state index contributed by atoms with van der Waals surface area (Å²) in [6, 6.07) is 22.9. The fourth-order valence-corrected chi connectivity index (χ4v) is 4.92. The molecule has 0 amide bonds. The second-order valence-electron chi connectivity index (χ2n) is 9.12. The Kier molecular flexibility index (Phi) is 7.19. The number of aromatic nitrogens is 1. The minimum Gasteiger partial charge on any atom is -0.490 e. The molecular weight excluding hydrogens is 410 g/mol. The molecule has 3 heterocycles. The minimum absolute atomic E-state index is 0.343. The first-order valence-corrected chi connectivity index (χ1v) is 12.2. The molecule has 5 rings (SSSR count). The van der Waals surface area contributed by atoms with Gasteiger partial charge in [-0.15, -0.1) is 0 Å². The molecule has 33 heavy (non-hydrogen) atoms. The quantitative estimate of drug-likeness (QED) is 0.494. The summed E-state index contributed by atoms with van der Waals surface area (Å²) in [4.78, 5) is 7.09. The van der Waals surface area contributed by atoms with Gasteiger partial charge in [0, 0.05) is 37.9 Å². The van der Waals surface area contributed by atoms with Crippen molar-refractivity contribution in [3.05, 3.63) is 84.1 Å². The number of piperidine rings is 2. The predicted molar refractivity (Wildman–Crippen MR) is 131 cm³/mol. The Labute approximate surface area is 196 Å². The predicted octanol–water partition coefficient (Wildman–Crippen LogP) is 5.56. The Morgan fingerprint density at radius 2 is 1.73 bits per heavy atom. The van der Waals surface area contributed by atoms with Crippen LogP contribution in [0, 0.1) is 0 Å². The molecule has 0 bridgehead atoms. The monoisotopic (exact) mass is 443 g/mol. The zero-order valence-electron chi connectivity index (χ0n) is 19.2. The molecule has 1 aromatic heterocycles. The van der Waals surface area contributed by atoms with Crippen molar-refractivity contribution >= 4 is 0 Å². The van der Waals surface area contributed by atoms with E-state index >= 15 is 0 Å². The molecular formula is C28H33N3O2. The van der Waals surface area contributed by atoms with Gasteiger partial charge in [-0.25, -0.2) is 4.98 Å². The number of benzene rings is 2. The van der Waals surface area contributed by atoms with Gasteiger partial charge in [0.05, 0.1) is 0 Å². The van der Waals surface area contributed by atoms with Gasteiger partial charge < -0.3 is 19.7 Å². The third-order valence-electron chi connectivity index (χ3n) is 6.64. The van der Waals surface area contributed by atoms with E-state index in [9.17, 15) is 0 Å². The lowest BCUT2D eigenvalue weighted by atomic mass is 9.91. The highest BCUT2D eigenvalue weighted by atomic mass is 16.5. The van der Waals surface area contributed by atoms with Crippen LogP contribution >= 0.6 is 0 Å². The Bertz CT molecular complexity index is 1010. The van der Waals surface area contributed by atoms with Crippen LogP contribution in [0.5, 0.6) is 17.4 Å². The standard InChI is InChI=1S/C28H33N3O2/c1-2-9-25(10-3-1)33-28-13-12-23(21-30-28)20-29-19-22-7-6-11-26(17-22)32-27-14-16-31-15-5-4-8-24(31)18-27/h1-3,6-7,9-13,17,21,24,27,29H,4-5,8,14-16,18-20H2/t24?,27-/m1/s1. The molecule has 2 aliphatic heterocycles. The highest BCUT2D eigenvalue weighted by molar-refractivity contribution is 5.29. The average molecular weight is 444 g/mol. The molecule has 0 spiro atoms. The van der Waals surface area contributed by atoms with E-state index in [1.165, 1.54) is 44.3 Å². The summed E-state index contributed by atoms with van der Waals surface area (Å²) in [7, 11) is 0. The van der Waals surface area contributed by atoms with Crippen molar-refractivity contribution in [2.45, 2.75) is 57.3 Å². The number of rotatable bonds is 8. The van der Waals surface area contributed by atoms with Gasteiger partial charge in [0.15, 0.2) is 0 Å². The topological polar surface area (TPSA) is 46.6 Å². The summed E-state index contributed by atoms with van der Waals surface area (Å²) >= 11 is 0. The third-order valence-corrected chi connectivity index (χ3v) is 6.64. The molecule has 2 atom stereocenters. The molecule has 5 nitrogen and oxygen atoms in total. The van der Waals surface area contributed by atoms with Crippen molar-refractivity contribution in [1.82, 2.24) is 15.2 Å². The summed E-state index contributed by atoms with van der Waals surface area (Å²) in [5.74, 6) is 2.39. The van der Waals surface area contributed by atoms with Crippen molar-refractivity contribution in [2.75, 3.05) is 13.1 Å². The normalized spacial score (nSPS) is 20.7. The van der Waals surface area contributed by atoms with Crippen molar-refractivity contribution < 1.29 is 9.47 Å². The first-order chi connectivity index (χ1) is 16.3. The SMILES string of the molecule is c1ccc(Oc2ccc(CNCc3cccc(O[C@@H]4CCN5CCCCC5C4)c3)cn2)cc1. The molecule has 1 N–H and O–H groups in total. The summed E-state index contributed by atoms with van der Waals surface area (Å²) < 4.78 is 12.2. The average Bonchev–Trinajstić information content (AvgIpc) is 2.86. The van der Waals surface area contributed by atoms with Crippen LogP contribution in [0.4, 0.5) is 0 Å². The van der Waals surface area contributed by atoms with Gasteiger partial charge in [-0.05, 0) is 67.6 Å². The molecule has 172 valence electrons. The maximum atomic E-state index is 6.39. The van der Waals surface area contributed by atoms with Gasteiger partial charge in [0.1, 0.15) is 17.6 Å². The maximum absolute atomic E-state index is 6.39. The van der Waals surface area contributed by atoms with Gasteiger partial charge in [0.25, 0.3) is 0 Å². The van der Waals surface area contributed by atoms with Gasteiger partial charge in [-0.2, -0.15) is 0 Å². The van der Waals surface area contributed by atoms with E-state index in [0.29, 0.717) is 12.0 Å². The van der Waals surface area contributed by atoms with Crippen LogP contribution in [0.15, 0.2) is 72.9 Å². The number of para-hydroxylation sites is 1. The summed E-state index contributed by atoms with van der Waals surface area (Å²) in [5, 5.41) is 3.51. The van der Waals surface area contributed by atoms with Crippen molar-refractivity contribution in [3.8, 4) is 17.4 Å². The molecule has 1 unspecified atom stereocenters. The lowest BCUT2D eigenvalue weighted by Crippen LogP contribution is -2.48. The lowest BCUT2D eigenvalue weighted by Gasteiger charge is -2.42. The summed E-state index contributed by atoms with van der Waals surface area (Å²) in [5.41, 5.74) is 2.36. The molecule has 2 aliphatic rings. The van der Waals surface area contributed by atoms with E-state index in [1.807, 2.05) is 42.6 Å². The number of fused-ring (bicyclic) bond motifs is 1. The number of nitrogens with zero attached hydrogens (tertiary/aromatic N) is 2. The van der Waals surface area contributed by atoms with E-state index in [4.69, 9.17) is 9.47 Å². The first kappa shape index (κ1) is 21.9. The number of pyridine rings is 1. The maximum Gasteiger partial charge on any atom is 0.219 e. The van der Waals surface area contributed by atoms with E-state index < -0.39 is 0 Å². The summed E-state index contributed by atoms with van der Waals surface area (Å²) in [6.45, 7) is 4.00. The highest BCUT2D eigenvalue weighted by Gasteiger charge is 2.31. The van der Waals surface area contributed by atoms with Crippen LogP contribution in [-0.2, 0) is 13.1 Å². The molecule has 0 saturated carbocycles. The molecule has 2 aromatic carbocycles. The van der Waals surface area contributed by atoms with Crippen LogP contribution in [0.25, 0.3) is 0 Å². The van der Waals surface area contributed by atoms with Gasteiger partial charge in [-0.1, -0.05) is 42.8 Å². The Morgan fingerprint density at radius 1 is 0.848 bits per heavy atom. The second kappa shape index (κ2) is 10.8. The summed E-state index contributed by atoms with van der Waals surface area (Å²) in [6.07, 6.45) is 8.57. The zero-order valence-corrected chi connectivity index (χ0v) is 19.2. The Balaban J connectivity index is 1.09. The first-order valence-electron chi connectivity index (χ1n) is 12.2. The smallest absolute Gasteiger partial charge is 0.219 e. The van der Waals surface area contributed by atoms with Crippen LogP contribution in [-0.4, -0.2) is 35.1 Å². The van der Waals surface area contributed by atoms with Crippen LogP contribution in [0.1, 0.15) is 43.2 Å². The highest BCUT2D eigenvalue weighted by Crippen LogP contribution is 2.29. The number of ether oxygens (including phenoxy) is 2. The van der Waals surface area contributed by atoms with Crippen molar-refractivity contribution in [3.63, 3.8) is 0 Å². The van der Waals surface area contributed by atoms with Gasteiger partial charge in [-0.3, -0.25) is 0 Å². The molecule has 0 radical (unpaired) electrons. The fourth-order valence-electron chi connectivity index (χ4n) is 4.92. The van der Waals surface area contributed by atoms with Crippen molar-refractivity contribution in [1.29, 1.82) is 0 Å². The Hall–Kier alpha value is -2.89.